The summed E-state index contributed by atoms with van der Waals surface area (Å²) >= 11 is 0. The number of nitrogens with zero attached hydrogens (tertiary/aromatic N) is 1. The zero-order valence-electron chi connectivity index (χ0n) is 10.2. The highest BCUT2D eigenvalue weighted by molar-refractivity contribution is 6.05. The highest BCUT2D eigenvalue weighted by Crippen LogP contribution is 2.20. The van der Waals surface area contributed by atoms with Crippen LogP contribution in [0.1, 0.15) is 10.4 Å². The standard InChI is InChI=1S/C14H10FN3O2/c15-10-6-9(19)2-4-11(10)18-14(20)8-1-3-12-13(5-8)17-7-16-12/h1-7,19H,(H,16,17)(H,18,20). The molecule has 1 amide bonds. The van der Waals surface area contributed by atoms with Gasteiger partial charge in [0.1, 0.15) is 11.6 Å². The lowest BCUT2D eigenvalue weighted by Crippen LogP contribution is -2.12. The molecular weight excluding hydrogens is 261 g/mol. The fourth-order valence-corrected chi connectivity index (χ4v) is 1.88. The molecule has 20 heavy (non-hydrogen) atoms. The zero-order valence-corrected chi connectivity index (χ0v) is 10.2. The van der Waals surface area contributed by atoms with Crippen LogP contribution in [0.5, 0.6) is 5.75 Å². The number of aromatic amines is 1. The van der Waals surface area contributed by atoms with Gasteiger partial charge in [0.2, 0.25) is 0 Å². The van der Waals surface area contributed by atoms with E-state index < -0.39 is 11.7 Å². The van der Waals surface area contributed by atoms with Gasteiger partial charge in [-0.05, 0) is 30.3 Å². The Balaban J connectivity index is 1.88. The summed E-state index contributed by atoms with van der Waals surface area (Å²) in [5.41, 5.74) is 1.87. The Kier molecular flexibility index (Phi) is 2.83. The van der Waals surface area contributed by atoms with Gasteiger partial charge in [-0.25, -0.2) is 9.37 Å². The van der Waals surface area contributed by atoms with Crippen LogP contribution in [-0.2, 0) is 0 Å². The molecule has 2 aromatic carbocycles. The molecule has 3 rings (SSSR count). The van der Waals surface area contributed by atoms with Crippen LogP contribution in [0.3, 0.4) is 0 Å². The number of imidazole rings is 1. The van der Waals surface area contributed by atoms with Crippen molar-refractivity contribution in [2.75, 3.05) is 5.32 Å². The Morgan fingerprint density at radius 2 is 2.10 bits per heavy atom. The van der Waals surface area contributed by atoms with Crippen molar-refractivity contribution >= 4 is 22.6 Å². The normalized spacial score (nSPS) is 10.7. The molecule has 0 bridgehead atoms. The highest BCUT2D eigenvalue weighted by Gasteiger charge is 2.11. The molecule has 0 saturated heterocycles. The van der Waals surface area contributed by atoms with Gasteiger partial charge >= 0.3 is 0 Å². The molecule has 0 spiro atoms. The molecule has 0 aliphatic carbocycles. The number of carbonyl (C=O) groups excluding carboxylic acids is 1. The van der Waals surface area contributed by atoms with Crippen molar-refractivity contribution in [2.24, 2.45) is 0 Å². The van der Waals surface area contributed by atoms with E-state index in [2.05, 4.69) is 15.3 Å². The molecule has 100 valence electrons. The van der Waals surface area contributed by atoms with Gasteiger partial charge in [-0.2, -0.15) is 0 Å². The average Bonchev–Trinajstić information content (AvgIpc) is 2.89. The predicted molar refractivity (Wildman–Crippen MR) is 72.1 cm³/mol. The fourth-order valence-electron chi connectivity index (χ4n) is 1.88. The van der Waals surface area contributed by atoms with E-state index in [1.165, 1.54) is 18.5 Å². The van der Waals surface area contributed by atoms with E-state index in [0.29, 0.717) is 5.56 Å². The van der Waals surface area contributed by atoms with E-state index in [4.69, 9.17) is 5.11 Å². The number of phenolic OH excluding ortho intramolecular Hbond substituents is 1. The quantitative estimate of drug-likeness (QED) is 0.627. The number of hydrogen-bond donors (Lipinski definition) is 3. The van der Waals surface area contributed by atoms with Gasteiger partial charge in [0, 0.05) is 11.6 Å². The molecule has 3 N–H and O–H groups in total. The molecule has 0 radical (unpaired) electrons. The molecule has 5 nitrogen and oxygen atoms in total. The number of carbonyl (C=O) groups is 1. The molecule has 6 heteroatoms. The van der Waals surface area contributed by atoms with E-state index in [-0.39, 0.29) is 11.4 Å². The summed E-state index contributed by atoms with van der Waals surface area (Å²) in [5.74, 6) is -1.33. The van der Waals surface area contributed by atoms with Crippen LogP contribution in [0.2, 0.25) is 0 Å². The van der Waals surface area contributed by atoms with Crippen molar-refractivity contribution in [2.45, 2.75) is 0 Å². The molecule has 0 aliphatic rings. The number of benzene rings is 2. The number of aromatic hydroxyl groups is 1. The summed E-state index contributed by atoms with van der Waals surface area (Å²) in [6, 6.07) is 8.49. The number of fused-ring (bicyclic) bond motifs is 1. The van der Waals surface area contributed by atoms with Crippen molar-refractivity contribution in [1.82, 2.24) is 9.97 Å². The minimum Gasteiger partial charge on any atom is -0.508 e. The van der Waals surface area contributed by atoms with Gasteiger partial charge in [-0.1, -0.05) is 0 Å². The third kappa shape index (κ3) is 2.18. The van der Waals surface area contributed by atoms with Crippen molar-refractivity contribution in [3.05, 3.63) is 54.1 Å². The van der Waals surface area contributed by atoms with Crippen LogP contribution in [0.4, 0.5) is 10.1 Å². The molecule has 0 aliphatic heterocycles. The number of nitrogens with one attached hydrogen (secondary N) is 2. The molecule has 3 aromatic rings. The molecule has 1 aromatic heterocycles. The van der Waals surface area contributed by atoms with Crippen LogP contribution < -0.4 is 5.32 Å². The number of H-pyrrole nitrogens is 1. The lowest BCUT2D eigenvalue weighted by atomic mass is 10.2. The van der Waals surface area contributed by atoms with E-state index in [1.54, 1.807) is 18.2 Å². The second-order valence-corrected chi connectivity index (χ2v) is 4.25. The minimum atomic E-state index is -0.694. The number of halogens is 1. The Morgan fingerprint density at radius 3 is 2.90 bits per heavy atom. The summed E-state index contributed by atoms with van der Waals surface area (Å²) in [5, 5.41) is 11.6. The van der Waals surface area contributed by atoms with Crippen LogP contribution in [-0.4, -0.2) is 21.0 Å². The number of phenols is 1. The van der Waals surface area contributed by atoms with Crippen molar-refractivity contribution in [1.29, 1.82) is 0 Å². The first-order valence-corrected chi connectivity index (χ1v) is 5.86. The maximum absolute atomic E-state index is 13.5. The first-order valence-electron chi connectivity index (χ1n) is 5.86. The summed E-state index contributed by atoms with van der Waals surface area (Å²) in [7, 11) is 0. The summed E-state index contributed by atoms with van der Waals surface area (Å²) in [6.07, 6.45) is 1.53. The van der Waals surface area contributed by atoms with E-state index in [9.17, 15) is 9.18 Å². The van der Waals surface area contributed by atoms with Gasteiger partial charge < -0.3 is 15.4 Å². The number of anilines is 1. The minimum absolute atomic E-state index is 0.0116. The lowest BCUT2D eigenvalue weighted by molar-refractivity contribution is 0.102. The van der Waals surface area contributed by atoms with Gasteiger partial charge in [-0.3, -0.25) is 4.79 Å². The maximum Gasteiger partial charge on any atom is 0.255 e. The predicted octanol–water partition coefficient (Wildman–Crippen LogP) is 2.66. The third-order valence-electron chi connectivity index (χ3n) is 2.88. The van der Waals surface area contributed by atoms with Crippen LogP contribution in [0.15, 0.2) is 42.7 Å². The molecule has 0 saturated carbocycles. The van der Waals surface area contributed by atoms with Crippen LogP contribution in [0.25, 0.3) is 11.0 Å². The van der Waals surface area contributed by atoms with E-state index in [0.717, 1.165) is 17.1 Å². The van der Waals surface area contributed by atoms with Gasteiger partial charge in [-0.15, -0.1) is 0 Å². The highest BCUT2D eigenvalue weighted by atomic mass is 19.1. The molecule has 0 fully saturated rings. The molecular formula is C14H10FN3O2. The Hall–Kier alpha value is -2.89. The second-order valence-electron chi connectivity index (χ2n) is 4.25. The van der Waals surface area contributed by atoms with Gasteiger partial charge in [0.25, 0.3) is 5.91 Å². The Morgan fingerprint density at radius 1 is 1.25 bits per heavy atom. The number of hydrogen-bond acceptors (Lipinski definition) is 3. The van der Waals surface area contributed by atoms with Crippen molar-refractivity contribution in [3.8, 4) is 5.75 Å². The topological polar surface area (TPSA) is 78.0 Å². The molecule has 1 heterocycles. The summed E-state index contributed by atoms with van der Waals surface area (Å²) < 4.78 is 13.5. The third-order valence-corrected chi connectivity index (χ3v) is 2.88. The van der Waals surface area contributed by atoms with Gasteiger partial charge in [0.05, 0.1) is 23.0 Å². The van der Waals surface area contributed by atoms with Crippen molar-refractivity contribution in [3.63, 3.8) is 0 Å². The number of aromatic nitrogens is 2. The summed E-state index contributed by atoms with van der Waals surface area (Å²) in [6.45, 7) is 0. The van der Waals surface area contributed by atoms with Crippen molar-refractivity contribution < 1.29 is 14.3 Å². The maximum atomic E-state index is 13.5. The SMILES string of the molecule is O=C(Nc1ccc(O)cc1F)c1ccc2nc[nH]c2c1. The smallest absolute Gasteiger partial charge is 0.255 e. The van der Waals surface area contributed by atoms with Crippen LogP contribution in [0, 0.1) is 5.82 Å². The van der Waals surface area contributed by atoms with Crippen LogP contribution >= 0.6 is 0 Å². The first-order chi connectivity index (χ1) is 9.63. The van der Waals surface area contributed by atoms with E-state index >= 15 is 0 Å². The Labute approximate surface area is 113 Å². The summed E-state index contributed by atoms with van der Waals surface area (Å²) in [4.78, 5) is 19.0. The number of amides is 1. The fraction of sp³-hybridized carbons (Fsp3) is 0. The van der Waals surface area contributed by atoms with Gasteiger partial charge in [0.15, 0.2) is 0 Å². The monoisotopic (exact) mass is 271 g/mol. The molecule has 0 unspecified atom stereocenters. The lowest BCUT2D eigenvalue weighted by Gasteiger charge is -2.06. The average molecular weight is 271 g/mol. The second kappa shape index (κ2) is 4.65. The Bertz CT molecular complexity index is 798. The van der Waals surface area contributed by atoms with E-state index in [1.807, 2.05) is 0 Å². The number of rotatable bonds is 2. The first kappa shape index (κ1) is 12.2. The largest absolute Gasteiger partial charge is 0.508 e. The zero-order chi connectivity index (χ0) is 14.1. The molecule has 0 atom stereocenters.